The number of likely N-dealkylation sites (N-methyl/N-ethyl adjacent to an activating group) is 7. The van der Waals surface area contributed by atoms with Crippen molar-refractivity contribution in [2.45, 2.75) is 33.7 Å². The van der Waals surface area contributed by atoms with E-state index in [-0.39, 0.29) is 50.4 Å². The highest BCUT2D eigenvalue weighted by Gasteiger charge is 2.15. The SMILES string of the molecule is CC(C)NCC=O.CCNC(=O)CN(C)C.CCNC(=O)CN(C)C(=O)CNC(=O)CN(C)C=O.CN(C=O)CC(=O)NCC(=O)N(C)CC(=O)O. The third-order valence-electron chi connectivity index (χ3n) is 5.44. The molecule has 0 aliphatic carbocycles. The third kappa shape index (κ3) is 39.3. The summed E-state index contributed by atoms with van der Waals surface area (Å²) < 4.78 is 0. The van der Waals surface area contributed by atoms with Gasteiger partial charge in [0.15, 0.2) is 0 Å². The first-order valence-electron chi connectivity index (χ1n) is 16.1. The van der Waals surface area contributed by atoms with Gasteiger partial charge in [0.1, 0.15) is 12.8 Å². The summed E-state index contributed by atoms with van der Waals surface area (Å²) in [5.74, 6) is -3.13. The van der Waals surface area contributed by atoms with E-state index in [1.165, 1.54) is 33.1 Å². The molecule has 0 bridgehead atoms. The summed E-state index contributed by atoms with van der Waals surface area (Å²) in [4.78, 5) is 114. The van der Waals surface area contributed by atoms with Crippen molar-refractivity contribution in [3.05, 3.63) is 0 Å². The minimum absolute atomic E-state index is 0.0587. The number of carboxylic acids is 1. The van der Waals surface area contributed by atoms with Gasteiger partial charge >= 0.3 is 5.97 Å². The number of carbonyl (C=O) groups is 10. The molecular formula is C31H60N10O11. The number of nitrogens with one attached hydrogen (secondary N) is 5. The molecule has 0 atom stereocenters. The molecule has 21 nitrogen and oxygen atoms in total. The van der Waals surface area contributed by atoms with Gasteiger partial charge in [0.05, 0.1) is 45.8 Å². The third-order valence-corrected chi connectivity index (χ3v) is 5.44. The number of hydrogen-bond donors (Lipinski definition) is 6. The average molecular weight is 749 g/mol. The maximum Gasteiger partial charge on any atom is 0.323 e. The summed E-state index contributed by atoms with van der Waals surface area (Å²) >= 11 is 0. The van der Waals surface area contributed by atoms with E-state index in [1.807, 2.05) is 39.8 Å². The topological polar surface area (TPSA) is 267 Å². The van der Waals surface area contributed by atoms with Crippen molar-refractivity contribution in [2.24, 2.45) is 0 Å². The second kappa shape index (κ2) is 34.3. The maximum atomic E-state index is 11.6. The van der Waals surface area contributed by atoms with Crippen molar-refractivity contribution in [2.75, 3.05) is 108 Å². The summed E-state index contributed by atoms with van der Waals surface area (Å²) in [6.45, 7) is 8.60. The van der Waals surface area contributed by atoms with Crippen LogP contribution in [0.15, 0.2) is 0 Å². The molecular weight excluding hydrogens is 688 g/mol. The number of aldehydes is 1. The molecule has 8 amide bonds. The fourth-order valence-corrected chi connectivity index (χ4v) is 2.93. The van der Waals surface area contributed by atoms with Crippen molar-refractivity contribution in [1.29, 1.82) is 0 Å². The Kier molecular flexibility index (Phi) is 35.3. The lowest BCUT2D eigenvalue weighted by Crippen LogP contribution is -2.44. The summed E-state index contributed by atoms with van der Waals surface area (Å²) in [6, 6.07) is 0.421. The Balaban J connectivity index is -0.000000317. The van der Waals surface area contributed by atoms with Gasteiger partial charge in [0.2, 0.25) is 48.3 Å². The van der Waals surface area contributed by atoms with E-state index in [0.29, 0.717) is 45.0 Å². The van der Waals surface area contributed by atoms with Crippen LogP contribution in [0.5, 0.6) is 0 Å². The highest BCUT2D eigenvalue weighted by Crippen LogP contribution is 1.86. The molecule has 0 saturated carbocycles. The highest BCUT2D eigenvalue weighted by molar-refractivity contribution is 5.89. The number of aliphatic carboxylic acids is 1. The van der Waals surface area contributed by atoms with E-state index in [9.17, 15) is 47.9 Å². The number of hydrogen-bond acceptors (Lipinski definition) is 12. The molecule has 0 fully saturated rings. The fraction of sp³-hybridized carbons (Fsp3) is 0.677. The molecule has 0 saturated heterocycles. The Hall–Kier alpha value is -5.18. The van der Waals surface area contributed by atoms with Gasteiger partial charge in [0.25, 0.3) is 0 Å². The van der Waals surface area contributed by atoms with E-state index in [0.717, 1.165) is 21.0 Å². The van der Waals surface area contributed by atoms with Crippen LogP contribution in [0.2, 0.25) is 0 Å². The molecule has 0 spiro atoms. The van der Waals surface area contributed by atoms with Gasteiger partial charge < -0.3 is 61.0 Å². The summed E-state index contributed by atoms with van der Waals surface area (Å²) in [5.41, 5.74) is 0. The fourth-order valence-electron chi connectivity index (χ4n) is 2.93. The quantitative estimate of drug-likeness (QED) is 0.0605. The van der Waals surface area contributed by atoms with Gasteiger partial charge in [-0.05, 0) is 27.9 Å². The first-order valence-corrected chi connectivity index (χ1v) is 16.1. The summed E-state index contributed by atoms with van der Waals surface area (Å²) in [7, 11) is 9.41. The van der Waals surface area contributed by atoms with Crippen LogP contribution >= 0.6 is 0 Å². The molecule has 0 radical (unpaired) electrons. The Morgan fingerprint density at radius 1 is 0.577 bits per heavy atom. The van der Waals surface area contributed by atoms with Gasteiger partial charge in [-0.15, -0.1) is 0 Å². The van der Waals surface area contributed by atoms with Crippen LogP contribution in [0, 0.1) is 0 Å². The Bertz CT molecular complexity index is 1110. The molecule has 21 heteroatoms. The molecule has 0 aliphatic heterocycles. The van der Waals surface area contributed by atoms with Crippen molar-refractivity contribution in [3.63, 3.8) is 0 Å². The van der Waals surface area contributed by atoms with Crippen molar-refractivity contribution in [1.82, 2.24) is 51.1 Å². The standard InChI is InChI=1S/C11H20N4O4.C9H15N3O5.C6H14N2O.C5H11NO/c1-4-12-10(18)7-15(3)11(19)5-13-9(17)6-14(2)8-16;1-11(6-13)4-7(14)10-3-8(15)12(2)5-9(16)17;1-4-7-6(9)5-8(2)3;1-5(2)6-3-4-7/h8H,4-7H2,1-3H3,(H,12,18)(H,13,17);6H,3-5H2,1-2H3,(H,10,14)(H,16,17);4-5H2,1-3H3,(H,7,9);4-6H,3H2,1-2H3. The number of carbonyl (C=O) groups excluding carboxylic acids is 9. The molecule has 0 aromatic rings. The number of carboxylic acid groups (broad SMARTS) is 1. The van der Waals surface area contributed by atoms with Crippen LogP contribution in [-0.4, -0.2) is 204 Å². The van der Waals surface area contributed by atoms with Crippen molar-refractivity contribution >= 4 is 60.5 Å². The zero-order valence-corrected chi connectivity index (χ0v) is 32.1. The van der Waals surface area contributed by atoms with Gasteiger partial charge in [-0.3, -0.25) is 43.2 Å². The molecule has 0 aliphatic rings. The molecule has 6 N–H and O–H groups in total. The van der Waals surface area contributed by atoms with Crippen molar-refractivity contribution < 1.29 is 53.1 Å². The molecule has 0 unspecified atom stereocenters. The lowest BCUT2D eigenvalue weighted by molar-refractivity contribution is -0.143. The van der Waals surface area contributed by atoms with Crippen LogP contribution in [0.4, 0.5) is 0 Å². The number of amides is 8. The first kappa shape index (κ1) is 53.6. The second-order valence-electron chi connectivity index (χ2n) is 11.4. The lowest BCUT2D eigenvalue weighted by Gasteiger charge is -2.17. The number of rotatable bonds is 21. The predicted octanol–water partition coefficient (Wildman–Crippen LogP) is -4.61. The van der Waals surface area contributed by atoms with E-state index in [1.54, 1.807) is 6.92 Å². The minimum Gasteiger partial charge on any atom is -0.480 e. The Morgan fingerprint density at radius 2 is 0.942 bits per heavy atom. The Labute approximate surface area is 306 Å². The summed E-state index contributed by atoms with van der Waals surface area (Å²) in [6.07, 6.45) is 1.86. The van der Waals surface area contributed by atoms with Crippen LogP contribution < -0.4 is 26.6 Å². The largest absolute Gasteiger partial charge is 0.480 e. The van der Waals surface area contributed by atoms with Crippen molar-refractivity contribution in [3.8, 4) is 0 Å². The number of nitrogens with zero attached hydrogens (tertiary/aromatic N) is 5. The van der Waals surface area contributed by atoms with E-state index < -0.39 is 30.2 Å². The minimum atomic E-state index is -1.13. The van der Waals surface area contributed by atoms with Crippen LogP contribution in [0.1, 0.15) is 27.7 Å². The molecule has 0 rings (SSSR count). The monoisotopic (exact) mass is 748 g/mol. The maximum absolute atomic E-state index is 11.6. The van der Waals surface area contributed by atoms with E-state index >= 15 is 0 Å². The zero-order chi connectivity index (χ0) is 41.2. The van der Waals surface area contributed by atoms with Crippen LogP contribution in [-0.2, 0) is 47.9 Å². The Morgan fingerprint density at radius 3 is 1.23 bits per heavy atom. The van der Waals surface area contributed by atoms with Crippen LogP contribution in [0.3, 0.4) is 0 Å². The molecule has 52 heavy (non-hydrogen) atoms. The average Bonchev–Trinajstić information content (AvgIpc) is 3.05. The van der Waals surface area contributed by atoms with E-state index in [4.69, 9.17) is 5.11 Å². The molecule has 0 aromatic heterocycles. The zero-order valence-electron chi connectivity index (χ0n) is 32.1. The molecule has 0 aromatic carbocycles. The predicted molar refractivity (Wildman–Crippen MR) is 191 cm³/mol. The summed E-state index contributed by atoms with van der Waals surface area (Å²) in [5, 5.41) is 21.3. The van der Waals surface area contributed by atoms with Gasteiger partial charge in [-0.25, -0.2) is 0 Å². The smallest absolute Gasteiger partial charge is 0.323 e. The van der Waals surface area contributed by atoms with Gasteiger partial charge in [-0.2, -0.15) is 0 Å². The van der Waals surface area contributed by atoms with Crippen LogP contribution in [0.25, 0.3) is 0 Å². The molecule has 0 heterocycles. The highest BCUT2D eigenvalue weighted by atomic mass is 16.4. The normalized spacial score (nSPS) is 9.46. The van der Waals surface area contributed by atoms with Gasteiger partial charge in [-0.1, -0.05) is 13.8 Å². The van der Waals surface area contributed by atoms with E-state index in [2.05, 4.69) is 26.6 Å². The van der Waals surface area contributed by atoms with Gasteiger partial charge in [0, 0.05) is 47.3 Å². The first-order chi connectivity index (χ1) is 24.2. The molecule has 300 valence electrons. The second-order valence-corrected chi connectivity index (χ2v) is 11.4. The lowest BCUT2D eigenvalue weighted by atomic mass is 10.4.